The van der Waals surface area contributed by atoms with Gasteiger partial charge in [0.05, 0.1) is 11.4 Å². The summed E-state index contributed by atoms with van der Waals surface area (Å²) in [5, 5.41) is 17.5. The minimum atomic E-state index is -0.723. The maximum absolute atomic E-state index is 11.2. The molecule has 0 bridgehead atoms. The Hall–Kier alpha value is -1.84. The van der Waals surface area contributed by atoms with E-state index in [4.69, 9.17) is 0 Å². The van der Waals surface area contributed by atoms with Gasteiger partial charge in [-0.3, -0.25) is 9.89 Å². The average Bonchev–Trinajstić information content (AvgIpc) is 2.68. The van der Waals surface area contributed by atoms with Crippen molar-refractivity contribution in [1.82, 2.24) is 10.2 Å². The summed E-state index contributed by atoms with van der Waals surface area (Å²) in [5.74, 6) is -1.00. The number of carboxylic acid groups (broad SMARTS) is 1. The number of nitrogens with one attached hydrogen (secondary N) is 1. The van der Waals surface area contributed by atoms with Gasteiger partial charge in [-0.1, -0.05) is 32.0 Å². The summed E-state index contributed by atoms with van der Waals surface area (Å²) in [6.07, 6.45) is 0. The maximum atomic E-state index is 11.2. The fourth-order valence-electron chi connectivity index (χ4n) is 2.85. The number of carboxylic acids is 1. The number of fused-ring (bicyclic) bond motifs is 1. The number of H-pyrrole nitrogens is 1. The zero-order valence-electron chi connectivity index (χ0n) is 9.77. The zero-order chi connectivity index (χ0) is 12.2. The molecule has 0 amide bonds. The maximum Gasteiger partial charge on any atom is 0.307 e. The third-order valence-corrected chi connectivity index (χ3v) is 3.90. The van der Waals surface area contributed by atoms with Gasteiger partial charge in [0.25, 0.3) is 0 Å². The summed E-state index contributed by atoms with van der Waals surface area (Å²) in [4.78, 5) is 11.2. The van der Waals surface area contributed by atoms with Crippen LogP contribution in [-0.4, -0.2) is 21.3 Å². The van der Waals surface area contributed by atoms with E-state index < -0.39 is 5.97 Å². The van der Waals surface area contributed by atoms with E-state index in [0.717, 1.165) is 16.6 Å². The van der Waals surface area contributed by atoms with Crippen LogP contribution in [0.1, 0.15) is 25.5 Å². The molecule has 1 aromatic heterocycles. The highest BCUT2D eigenvalue weighted by Gasteiger charge is 2.63. The molecule has 2 atom stereocenters. The normalized spacial score (nSPS) is 26.0. The summed E-state index contributed by atoms with van der Waals surface area (Å²) in [5.41, 5.74) is 1.66. The first-order chi connectivity index (χ1) is 8.03. The monoisotopic (exact) mass is 230 g/mol. The van der Waals surface area contributed by atoms with Gasteiger partial charge in [-0.05, 0) is 11.5 Å². The number of para-hydroxylation sites is 1. The molecule has 2 aromatic rings. The van der Waals surface area contributed by atoms with Crippen LogP contribution in [0.5, 0.6) is 0 Å². The molecule has 1 aliphatic carbocycles. The summed E-state index contributed by atoms with van der Waals surface area (Å²) in [6, 6.07) is 7.80. The van der Waals surface area contributed by atoms with Gasteiger partial charge in [-0.25, -0.2) is 0 Å². The number of benzene rings is 1. The smallest absolute Gasteiger partial charge is 0.307 e. The number of aliphatic carboxylic acids is 1. The molecule has 1 saturated carbocycles. The Morgan fingerprint density at radius 3 is 2.76 bits per heavy atom. The lowest BCUT2D eigenvalue weighted by atomic mass is 10.1. The second-order valence-electron chi connectivity index (χ2n) is 5.27. The van der Waals surface area contributed by atoms with Crippen LogP contribution in [0.3, 0.4) is 0 Å². The fraction of sp³-hybridized carbons (Fsp3) is 0.385. The third kappa shape index (κ3) is 1.30. The lowest BCUT2D eigenvalue weighted by Gasteiger charge is -1.99. The van der Waals surface area contributed by atoms with Crippen LogP contribution in [0.15, 0.2) is 24.3 Å². The van der Waals surface area contributed by atoms with Crippen molar-refractivity contribution >= 4 is 16.9 Å². The number of hydrogen-bond donors (Lipinski definition) is 2. The molecule has 1 heterocycles. The molecule has 1 fully saturated rings. The molecular formula is C13H14N2O2. The Labute approximate surface area is 98.6 Å². The van der Waals surface area contributed by atoms with Gasteiger partial charge in [-0.2, -0.15) is 5.10 Å². The highest BCUT2D eigenvalue weighted by atomic mass is 16.4. The van der Waals surface area contributed by atoms with Gasteiger partial charge in [0.2, 0.25) is 0 Å². The molecule has 1 aliphatic rings. The van der Waals surface area contributed by atoms with Crippen LogP contribution in [0.4, 0.5) is 0 Å². The number of hydrogen-bond acceptors (Lipinski definition) is 2. The predicted molar refractivity (Wildman–Crippen MR) is 63.7 cm³/mol. The minimum Gasteiger partial charge on any atom is -0.481 e. The SMILES string of the molecule is CC1(C)[C@H](C(=O)O)[C@H]1c1[nH]nc2ccccc12. The molecule has 0 aliphatic heterocycles. The molecule has 0 radical (unpaired) electrons. The minimum absolute atomic E-state index is 0.0346. The number of aromatic nitrogens is 2. The fourth-order valence-corrected chi connectivity index (χ4v) is 2.85. The molecule has 2 N–H and O–H groups in total. The zero-order valence-corrected chi connectivity index (χ0v) is 9.77. The topological polar surface area (TPSA) is 66.0 Å². The van der Waals surface area contributed by atoms with Crippen molar-refractivity contribution in [3.8, 4) is 0 Å². The molecule has 17 heavy (non-hydrogen) atoms. The average molecular weight is 230 g/mol. The van der Waals surface area contributed by atoms with Crippen LogP contribution in [-0.2, 0) is 4.79 Å². The van der Waals surface area contributed by atoms with Crippen molar-refractivity contribution < 1.29 is 9.90 Å². The second kappa shape index (κ2) is 3.09. The standard InChI is InChI=1S/C13H14N2O2/c1-13(2)9(10(13)12(16)17)11-7-5-3-4-6-8(7)14-15-11/h3-6,9-10H,1-2H3,(H,14,15)(H,16,17)/t9-,10-/m0/s1. The Kier molecular flexibility index (Phi) is 1.88. The van der Waals surface area contributed by atoms with Gasteiger partial charge >= 0.3 is 5.97 Å². The summed E-state index contributed by atoms with van der Waals surface area (Å²) < 4.78 is 0. The van der Waals surface area contributed by atoms with Crippen molar-refractivity contribution in [2.45, 2.75) is 19.8 Å². The van der Waals surface area contributed by atoms with E-state index >= 15 is 0 Å². The van der Waals surface area contributed by atoms with Gasteiger partial charge < -0.3 is 5.11 Å². The second-order valence-corrected chi connectivity index (χ2v) is 5.27. The van der Waals surface area contributed by atoms with Gasteiger partial charge in [0.1, 0.15) is 0 Å². The number of aromatic amines is 1. The molecule has 0 spiro atoms. The Morgan fingerprint density at radius 2 is 2.12 bits per heavy atom. The first kappa shape index (κ1) is 10.3. The van der Waals surface area contributed by atoms with Crippen molar-refractivity contribution in [2.75, 3.05) is 0 Å². The van der Waals surface area contributed by atoms with E-state index in [2.05, 4.69) is 10.2 Å². The summed E-state index contributed by atoms with van der Waals surface area (Å²) >= 11 is 0. The molecule has 4 heteroatoms. The first-order valence-electron chi connectivity index (χ1n) is 5.69. The molecular weight excluding hydrogens is 216 g/mol. The highest BCUT2D eigenvalue weighted by Crippen LogP contribution is 2.64. The lowest BCUT2D eigenvalue weighted by molar-refractivity contribution is -0.139. The van der Waals surface area contributed by atoms with E-state index in [1.807, 2.05) is 38.1 Å². The number of rotatable bonds is 2. The van der Waals surface area contributed by atoms with Gasteiger partial charge in [0, 0.05) is 17.0 Å². The van der Waals surface area contributed by atoms with E-state index in [9.17, 15) is 9.90 Å². The van der Waals surface area contributed by atoms with Crippen LogP contribution in [0, 0.1) is 11.3 Å². The van der Waals surface area contributed by atoms with Gasteiger partial charge in [-0.15, -0.1) is 0 Å². The summed E-state index contributed by atoms with van der Waals surface area (Å²) in [6.45, 7) is 3.98. The van der Waals surface area contributed by atoms with E-state index in [0.29, 0.717) is 0 Å². The molecule has 3 rings (SSSR count). The molecule has 1 aromatic carbocycles. The van der Waals surface area contributed by atoms with Crippen molar-refractivity contribution in [1.29, 1.82) is 0 Å². The Morgan fingerprint density at radius 1 is 1.41 bits per heavy atom. The Balaban J connectivity index is 2.09. The quantitative estimate of drug-likeness (QED) is 0.832. The van der Waals surface area contributed by atoms with Crippen LogP contribution in [0.2, 0.25) is 0 Å². The van der Waals surface area contributed by atoms with Crippen LogP contribution in [0.25, 0.3) is 10.9 Å². The number of nitrogens with zero attached hydrogens (tertiary/aromatic N) is 1. The van der Waals surface area contributed by atoms with E-state index in [1.54, 1.807) is 0 Å². The first-order valence-corrected chi connectivity index (χ1v) is 5.69. The van der Waals surface area contributed by atoms with Crippen LogP contribution >= 0.6 is 0 Å². The number of carbonyl (C=O) groups is 1. The highest BCUT2D eigenvalue weighted by molar-refractivity contribution is 5.85. The molecule has 4 nitrogen and oxygen atoms in total. The van der Waals surface area contributed by atoms with Crippen molar-refractivity contribution in [2.24, 2.45) is 11.3 Å². The Bertz CT molecular complexity index is 600. The van der Waals surface area contributed by atoms with Crippen molar-refractivity contribution in [3.05, 3.63) is 30.0 Å². The van der Waals surface area contributed by atoms with E-state index in [1.165, 1.54) is 0 Å². The molecule has 0 unspecified atom stereocenters. The summed E-state index contributed by atoms with van der Waals surface area (Å²) in [7, 11) is 0. The molecule has 0 saturated heterocycles. The largest absolute Gasteiger partial charge is 0.481 e. The van der Waals surface area contributed by atoms with Crippen molar-refractivity contribution in [3.63, 3.8) is 0 Å². The molecule has 88 valence electrons. The predicted octanol–water partition coefficient (Wildman–Crippen LogP) is 2.39. The lowest BCUT2D eigenvalue weighted by Crippen LogP contribution is -2.03. The third-order valence-electron chi connectivity index (χ3n) is 3.90. The van der Waals surface area contributed by atoms with Crippen LogP contribution < -0.4 is 0 Å². The van der Waals surface area contributed by atoms with E-state index in [-0.39, 0.29) is 17.3 Å². The van der Waals surface area contributed by atoms with Gasteiger partial charge in [0.15, 0.2) is 0 Å².